The summed E-state index contributed by atoms with van der Waals surface area (Å²) < 4.78 is 0. The van der Waals surface area contributed by atoms with Crippen LogP contribution in [-0.4, -0.2) is 58.1 Å². The molecule has 0 radical (unpaired) electrons. The molecule has 1 aliphatic carbocycles. The van der Waals surface area contributed by atoms with Crippen LogP contribution in [-0.2, 0) is 0 Å². The second-order valence-corrected chi connectivity index (χ2v) is 6.08. The van der Waals surface area contributed by atoms with E-state index in [9.17, 15) is 0 Å². The molecule has 108 valence electrons. The molecule has 1 saturated carbocycles. The smallest absolute Gasteiger partial charge is 0.226 e. The third-order valence-electron chi connectivity index (χ3n) is 4.37. The molecule has 0 aromatic carbocycles. The molecule has 1 aliphatic rings. The van der Waals surface area contributed by atoms with Crippen LogP contribution < -0.4 is 4.90 Å². The lowest BCUT2D eigenvalue weighted by Gasteiger charge is -2.49. The summed E-state index contributed by atoms with van der Waals surface area (Å²) in [5.41, 5.74) is 1.68. The van der Waals surface area contributed by atoms with Gasteiger partial charge in [0.15, 0.2) is 11.5 Å². The minimum absolute atomic E-state index is 0.235. The van der Waals surface area contributed by atoms with Crippen molar-refractivity contribution in [3.05, 3.63) is 11.6 Å². The quantitative estimate of drug-likeness (QED) is 0.873. The summed E-state index contributed by atoms with van der Waals surface area (Å²) in [6.07, 6.45) is 5.35. The summed E-state index contributed by atoms with van der Waals surface area (Å²) in [5, 5.41) is 0.235. The van der Waals surface area contributed by atoms with E-state index in [1.807, 2.05) is 7.05 Å². The van der Waals surface area contributed by atoms with E-state index in [0.29, 0.717) is 5.65 Å². The third kappa shape index (κ3) is 2.13. The van der Waals surface area contributed by atoms with Gasteiger partial charge < -0.3 is 14.8 Å². The number of nitrogens with zero attached hydrogens (tertiary/aromatic N) is 5. The molecule has 3 rings (SSSR count). The monoisotopic (exact) mass is 294 g/mol. The normalized spacial score (nSPS) is 17.4. The maximum Gasteiger partial charge on any atom is 0.226 e. The molecule has 7 heteroatoms. The molecule has 20 heavy (non-hydrogen) atoms. The van der Waals surface area contributed by atoms with Crippen molar-refractivity contribution in [1.82, 2.24) is 24.8 Å². The minimum Gasteiger partial charge on any atom is -0.356 e. The predicted octanol–water partition coefficient (Wildman–Crippen LogP) is 1.93. The highest BCUT2D eigenvalue weighted by atomic mass is 35.5. The summed E-state index contributed by atoms with van der Waals surface area (Å²) in [6.45, 7) is 0.918. The predicted molar refractivity (Wildman–Crippen MR) is 80.2 cm³/mol. The van der Waals surface area contributed by atoms with Crippen LogP contribution in [0.4, 0.5) is 5.82 Å². The molecule has 0 spiro atoms. The zero-order valence-corrected chi connectivity index (χ0v) is 12.8. The van der Waals surface area contributed by atoms with Crippen LogP contribution in [0.25, 0.3) is 11.2 Å². The first-order valence-corrected chi connectivity index (χ1v) is 7.15. The number of fused-ring (bicyclic) bond motifs is 1. The zero-order valence-electron chi connectivity index (χ0n) is 12.0. The van der Waals surface area contributed by atoms with E-state index in [2.05, 4.69) is 43.8 Å². The summed E-state index contributed by atoms with van der Waals surface area (Å²) in [4.78, 5) is 20.2. The Morgan fingerprint density at radius 1 is 1.30 bits per heavy atom. The fourth-order valence-corrected chi connectivity index (χ4v) is 3.08. The highest BCUT2D eigenvalue weighted by Gasteiger charge is 2.40. The number of rotatable bonds is 4. The van der Waals surface area contributed by atoms with Gasteiger partial charge in [0.25, 0.3) is 0 Å². The van der Waals surface area contributed by atoms with E-state index in [1.165, 1.54) is 19.3 Å². The van der Waals surface area contributed by atoms with Gasteiger partial charge in [-0.15, -0.1) is 0 Å². The van der Waals surface area contributed by atoms with E-state index in [1.54, 1.807) is 6.33 Å². The van der Waals surface area contributed by atoms with Gasteiger partial charge in [0.2, 0.25) is 5.28 Å². The van der Waals surface area contributed by atoms with Crippen molar-refractivity contribution in [3.8, 4) is 0 Å². The summed E-state index contributed by atoms with van der Waals surface area (Å²) in [6, 6.07) is 0. The topological polar surface area (TPSA) is 60.9 Å². The fraction of sp³-hybridized carbons (Fsp3) is 0.615. The number of hydrogen-bond acceptors (Lipinski definition) is 5. The Labute approximate surface area is 123 Å². The van der Waals surface area contributed by atoms with Crippen molar-refractivity contribution < 1.29 is 0 Å². The van der Waals surface area contributed by atoms with Crippen molar-refractivity contribution in [2.24, 2.45) is 0 Å². The third-order valence-corrected chi connectivity index (χ3v) is 4.53. The Hall–Kier alpha value is -1.40. The number of imidazole rings is 1. The lowest BCUT2D eigenvalue weighted by atomic mass is 9.75. The molecule has 1 fully saturated rings. The Bertz CT molecular complexity index is 618. The second kappa shape index (κ2) is 4.86. The fourth-order valence-electron chi connectivity index (χ4n) is 2.92. The van der Waals surface area contributed by atoms with Gasteiger partial charge in [-0.1, -0.05) is 0 Å². The first-order chi connectivity index (χ1) is 9.52. The number of aromatic amines is 1. The number of likely N-dealkylation sites (N-methyl/N-ethyl adjacent to an activating group) is 2. The van der Waals surface area contributed by atoms with E-state index >= 15 is 0 Å². The summed E-state index contributed by atoms with van der Waals surface area (Å²) >= 11 is 5.99. The molecule has 0 saturated heterocycles. The highest BCUT2D eigenvalue weighted by molar-refractivity contribution is 6.28. The maximum atomic E-state index is 5.99. The van der Waals surface area contributed by atoms with Gasteiger partial charge in [0, 0.05) is 19.1 Å². The average Bonchev–Trinajstić information content (AvgIpc) is 2.79. The first-order valence-electron chi connectivity index (χ1n) is 6.77. The highest BCUT2D eigenvalue weighted by Crippen LogP contribution is 2.37. The Morgan fingerprint density at radius 2 is 2.05 bits per heavy atom. The molecule has 0 amide bonds. The molecular formula is C13H19ClN6. The van der Waals surface area contributed by atoms with Gasteiger partial charge in [-0.3, -0.25) is 0 Å². The summed E-state index contributed by atoms with van der Waals surface area (Å²) in [5.74, 6) is 0.811. The molecule has 2 heterocycles. The van der Waals surface area contributed by atoms with Crippen molar-refractivity contribution in [2.45, 2.75) is 24.8 Å². The average molecular weight is 295 g/mol. The lowest BCUT2D eigenvalue weighted by molar-refractivity contribution is 0.0682. The molecule has 0 unspecified atom stereocenters. The van der Waals surface area contributed by atoms with Crippen molar-refractivity contribution in [2.75, 3.05) is 32.6 Å². The van der Waals surface area contributed by atoms with Gasteiger partial charge in [-0.25, -0.2) is 4.98 Å². The molecule has 1 N–H and O–H groups in total. The Morgan fingerprint density at radius 3 is 2.65 bits per heavy atom. The molecule has 2 aromatic rings. The summed E-state index contributed by atoms with van der Waals surface area (Å²) in [7, 11) is 6.33. The number of nitrogens with one attached hydrogen (secondary N) is 1. The van der Waals surface area contributed by atoms with Crippen LogP contribution in [0.2, 0.25) is 5.28 Å². The van der Waals surface area contributed by atoms with E-state index in [-0.39, 0.29) is 10.8 Å². The van der Waals surface area contributed by atoms with E-state index in [4.69, 9.17) is 11.6 Å². The van der Waals surface area contributed by atoms with Crippen LogP contribution in [0.1, 0.15) is 19.3 Å². The zero-order chi connectivity index (χ0) is 14.3. The largest absolute Gasteiger partial charge is 0.356 e. The molecule has 0 aliphatic heterocycles. The minimum atomic E-state index is 0.235. The molecular weight excluding hydrogens is 276 g/mol. The van der Waals surface area contributed by atoms with Crippen LogP contribution in [0.3, 0.4) is 0 Å². The van der Waals surface area contributed by atoms with Crippen LogP contribution in [0.5, 0.6) is 0 Å². The van der Waals surface area contributed by atoms with Crippen LogP contribution >= 0.6 is 11.6 Å². The lowest BCUT2D eigenvalue weighted by Crippen LogP contribution is -2.56. The molecule has 2 aromatic heterocycles. The number of anilines is 1. The number of halogens is 1. The van der Waals surface area contributed by atoms with Gasteiger partial charge >= 0.3 is 0 Å². The number of hydrogen-bond donors (Lipinski definition) is 1. The van der Waals surface area contributed by atoms with Crippen molar-refractivity contribution in [1.29, 1.82) is 0 Å². The SMILES string of the molecule is CN(CC1(N(C)C)CCC1)c1nc(Cl)nc2nc[nH]c12. The van der Waals surface area contributed by atoms with E-state index in [0.717, 1.165) is 17.9 Å². The van der Waals surface area contributed by atoms with E-state index < -0.39 is 0 Å². The molecule has 0 atom stereocenters. The van der Waals surface area contributed by atoms with Gasteiger partial charge in [-0.2, -0.15) is 9.97 Å². The Kier molecular flexibility index (Phi) is 3.30. The van der Waals surface area contributed by atoms with Gasteiger partial charge in [-0.05, 0) is 45.0 Å². The second-order valence-electron chi connectivity index (χ2n) is 5.75. The van der Waals surface area contributed by atoms with Crippen LogP contribution in [0.15, 0.2) is 6.33 Å². The van der Waals surface area contributed by atoms with Gasteiger partial charge in [0.1, 0.15) is 5.52 Å². The van der Waals surface area contributed by atoms with Crippen molar-refractivity contribution >= 4 is 28.6 Å². The first kappa shape index (κ1) is 13.6. The van der Waals surface area contributed by atoms with Crippen LogP contribution in [0, 0.1) is 0 Å². The van der Waals surface area contributed by atoms with Crippen molar-refractivity contribution in [3.63, 3.8) is 0 Å². The molecule has 0 bridgehead atoms. The number of aromatic nitrogens is 4. The van der Waals surface area contributed by atoms with Gasteiger partial charge in [0.05, 0.1) is 6.33 Å². The standard InChI is InChI=1S/C13H19ClN6/c1-19(2)13(5-4-6-13)7-20(3)11-9-10(16-8-15-9)17-12(14)18-11/h8H,4-7H2,1-3H3,(H,15,16,17,18). The maximum absolute atomic E-state index is 5.99. The Balaban J connectivity index is 1.92. The molecule has 6 nitrogen and oxygen atoms in total. The number of H-pyrrole nitrogens is 1.